The number of nitrogens with one attached hydrogen (secondary N) is 1. The Morgan fingerprint density at radius 1 is 0.946 bits per heavy atom. The van der Waals surface area contributed by atoms with Gasteiger partial charge in [0.15, 0.2) is 17.2 Å². The second kappa shape index (κ2) is 9.05. The van der Waals surface area contributed by atoms with Crippen LogP contribution in [0, 0.1) is 5.82 Å². The Morgan fingerprint density at radius 2 is 1.78 bits per heavy atom. The van der Waals surface area contributed by atoms with Gasteiger partial charge in [-0.05, 0) is 37.4 Å². The smallest absolute Gasteiger partial charge is 0.229 e. The van der Waals surface area contributed by atoms with E-state index in [1.807, 2.05) is 12.1 Å². The molecule has 2 aliphatic heterocycles. The maximum absolute atomic E-state index is 14.5. The Balaban J connectivity index is 1.37. The van der Waals surface area contributed by atoms with Crippen molar-refractivity contribution in [3.8, 4) is 11.4 Å². The molecule has 0 atom stereocenters. The average molecular weight is 502 g/mol. The highest BCUT2D eigenvalue weighted by molar-refractivity contribution is 6.06. The van der Waals surface area contributed by atoms with Crippen molar-refractivity contribution < 1.29 is 13.5 Å². The zero-order valence-electron chi connectivity index (χ0n) is 20.7. The van der Waals surface area contributed by atoms with E-state index in [1.54, 1.807) is 6.20 Å². The minimum absolute atomic E-state index is 0.339. The van der Waals surface area contributed by atoms with Crippen LogP contribution >= 0.6 is 0 Å². The van der Waals surface area contributed by atoms with Gasteiger partial charge in [0.1, 0.15) is 11.3 Å². The molecule has 190 valence electrons. The van der Waals surface area contributed by atoms with Gasteiger partial charge < -0.3 is 23.9 Å². The van der Waals surface area contributed by atoms with Crippen LogP contribution in [0.25, 0.3) is 44.5 Å². The first-order valence-electron chi connectivity index (χ1n) is 12.7. The summed E-state index contributed by atoms with van der Waals surface area (Å²) in [4.78, 5) is 24.7. The number of rotatable bonds is 4. The van der Waals surface area contributed by atoms with Gasteiger partial charge in [0.05, 0.1) is 24.3 Å². The highest BCUT2D eigenvalue weighted by atomic mass is 19.1. The van der Waals surface area contributed by atoms with Crippen LogP contribution in [0.2, 0.25) is 0 Å². The Bertz CT molecular complexity index is 1600. The Kier molecular flexibility index (Phi) is 5.53. The molecule has 0 unspecified atom stereocenters. The summed E-state index contributed by atoms with van der Waals surface area (Å²) in [6.45, 7) is 7.53. The molecule has 2 aliphatic rings. The van der Waals surface area contributed by atoms with Crippen molar-refractivity contribution in [1.82, 2.24) is 29.7 Å². The van der Waals surface area contributed by atoms with Crippen LogP contribution in [0.15, 0.2) is 40.9 Å². The third-order valence-electron chi connectivity index (χ3n) is 7.39. The second-order valence-electron chi connectivity index (χ2n) is 9.88. The Morgan fingerprint density at radius 3 is 2.62 bits per heavy atom. The molecule has 0 bridgehead atoms. The summed E-state index contributed by atoms with van der Waals surface area (Å²) in [6.07, 6.45) is 1.80. The van der Waals surface area contributed by atoms with Gasteiger partial charge in [-0.3, -0.25) is 4.90 Å². The van der Waals surface area contributed by atoms with E-state index in [0.717, 1.165) is 49.2 Å². The van der Waals surface area contributed by atoms with E-state index in [9.17, 15) is 4.39 Å². The van der Waals surface area contributed by atoms with Crippen molar-refractivity contribution >= 4 is 38.9 Å². The van der Waals surface area contributed by atoms with E-state index >= 15 is 0 Å². The zero-order chi connectivity index (χ0) is 24.9. The fraction of sp³-hybridized carbons (Fsp3) is 0.370. The summed E-state index contributed by atoms with van der Waals surface area (Å²) in [5, 5.41) is 1.70. The predicted octanol–water partition coefficient (Wildman–Crippen LogP) is 3.64. The van der Waals surface area contributed by atoms with E-state index in [2.05, 4.69) is 32.8 Å². The first kappa shape index (κ1) is 22.6. The molecule has 10 heteroatoms. The van der Waals surface area contributed by atoms with Crippen molar-refractivity contribution in [2.75, 3.05) is 64.4 Å². The first-order chi connectivity index (χ1) is 18.1. The number of pyridine rings is 1. The SMILES string of the molecule is CN1CCN(Cc2ccc3c(n2)oc2c(N4CCOCC4)nc(-c4cc(F)cc5[nH]ccc45)nc23)CC1. The molecule has 2 saturated heterocycles. The van der Waals surface area contributed by atoms with Gasteiger partial charge in [0.2, 0.25) is 5.71 Å². The number of morpholine rings is 1. The number of H-pyrrole nitrogens is 1. The molecule has 0 aliphatic carbocycles. The summed E-state index contributed by atoms with van der Waals surface area (Å²) < 4.78 is 26.5. The standard InChI is InChI=1S/C27H28FN7O2/c1-33-6-8-34(9-7-33)16-18-2-3-20-23-24(37-27(20)30-18)26(35-10-12-36-13-11-35)32-25(31-23)21-14-17(28)15-22-19(21)4-5-29-22/h2-5,14-15,29H,6-13,16H2,1H3. The monoisotopic (exact) mass is 501 g/mol. The molecule has 0 amide bonds. The van der Waals surface area contributed by atoms with Gasteiger partial charge in [-0.1, -0.05) is 0 Å². The number of aromatic nitrogens is 4. The van der Waals surface area contributed by atoms with Gasteiger partial charge in [-0.15, -0.1) is 0 Å². The normalized spacial score (nSPS) is 17.9. The maximum Gasteiger partial charge on any atom is 0.229 e. The lowest BCUT2D eigenvalue weighted by molar-refractivity contribution is 0.122. The molecular weight excluding hydrogens is 473 g/mol. The van der Waals surface area contributed by atoms with Gasteiger partial charge in [0, 0.05) is 68.5 Å². The molecule has 0 saturated carbocycles. The van der Waals surface area contributed by atoms with E-state index in [1.165, 1.54) is 12.1 Å². The van der Waals surface area contributed by atoms with Crippen molar-refractivity contribution in [2.45, 2.75) is 6.54 Å². The number of piperazine rings is 1. The number of hydrogen-bond donors (Lipinski definition) is 1. The molecule has 2 fully saturated rings. The van der Waals surface area contributed by atoms with Gasteiger partial charge >= 0.3 is 0 Å². The lowest BCUT2D eigenvalue weighted by atomic mass is 10.1. The second-order valence-corrected chi connectivity index (χ2v) is 9.88. The van der Waals surface area contributed by atoms with Crippen molar-refractivity contribution in [3.05, 3.63) is 48.0 Å². The van der Waals surface area contributed by atoms with E-state index in [4.69, 9.17) is 24.1 Å². The number of benzene rings is 1. The molecule has 0 spiro atoms. The number of aromatic amines is 1. The highest BCUT2D eigenvalue weighted by Crippen LogP contribution is 2.36. The number of furan rings is 1. The van der Waals surface area contributed by atoms with E-state index in [0.29, 0.717) is 65.8 Å². The molecule has 6 heterocycles. The van der Waals surface area contributed by atoms with Crippen molar-refractivity contribution in [1.29, 1.82) is 0 Å². The number of fused-ring (bicyclic) bond motifs is 4. The maximum atomic E-state index is 14.5. The third kappa shape index (κ3) is 4.11. The largest absolute Gasteiger partial charge is 0.432 e. The molecule has 1 N–H and O–H groups in total. The van der Waals surface area contributed by atoms with Crippen LogP contribution in [0.1, 0.15) is 5.69 Å². The third-order valence-corrected chi connectivity index (χ3v) is 7.39. The number of anilines is 1. The Labute approximate surface area is 212 Å². The zero-order valence-corrected chi connectivity index (χ0v) is 20.7. The van der Waals surface area contributed by atoms with Crippen LogP contribution in [0.3, 0.4) is 0 Å². The minimum atomic E-state index is -0.339. The van der Waals surface area contributed by atoms with Crippen LogP contribution in [-0.2, 0) is 11.3 Å². The fourth-order valence-corrected chi connectivity index (χ4v) is 5.30. The predicted molar refractivity (Wildman–Crippen MR) is 140 cm³/mol. The van der Waals surface area contributed by atoms with Crippen LogP contribution < -0.4 is 4.90 Å². The number of halogens is 1. The fourth-order valence-electron chi connectivity index (χ4n) is 5.30. The molecule has 7 rings (SSSR count). The van der Waals surface area contributed by atoms with Crippen molar-refractivity contribution in [3.63, 3.8) is 0 Å². The summed E-state index contributed by atoms with van der Waals surface area (Å²) in [5.41, 5.74) is 4.16. The molecule has 5 aromatic rings. The van der Waals surface area contributed by atoms with Gasteiger partial charge in [-0.25, -0.2) is 19.3 Å². The Hall–Kier alpha value is -3.60. The highest BCUT2D eigenvalue weighted by Gasteiger charge is 2.24. The summed E-state index contributed by atoms with van der Waals surface area (Å²) in [5.74, 6) is 0.811. The number of ether oxygens (including phenoxy) is 1. The van der Waals surface area contributed by atoms with Gasteiger partial charge in [0.25, 0.3) is 0 Å². The summed E-state index contributed by atoms with van der Waals surface area (Å²) in [6, 6.07) is 9.00. The van der Waals surface area contributed by atoms with E-state index < -0.39 is 0 Å². The minimum Gasteiger partial charge on any atom is -0.432 e. The number of nitrogens with zero attached hydrogens (tertiary/aromatic N) is 6. The van der Waals surface area contributed by atoms with Crippen LogP contribution in [0.4, 0.5) is 10.2 Å². The van der Waals surface area contributed by atoms with Crippen LogP contribution in [0.5, 0.6) is 0 Å². The van der Waals surface area contributed by atoms with Crippen LogP contribution in [-0.4, -0.2) is 89.3 Å². The summed E-state index contributed by atoms with van der Waals surface area (Å²) >= 11 is 0. The first-order valence-corrected chi connectivity index (χ1v) is 12.7. The quantitative estimate of drug-likeness (QED) is 0.400. The summed E-state index contributed by atoms with van der Waals surface area (Å²) in [7, 11) is 2.16. The number of likely N-dealkylation sites (N-methyl/N-ethyl adjacent to an activating group) is 1. The van der Waals surface area contributed by atoms with E-state index in [-0.39, 0.29) is 5.82 Å². The molecule has 37 heavy (non-hydrogen) atoms. The molecule has 0 radical (unpaired) electrons. The van der Waals surface area contributed by atoms with Gasteiger partial charge in [-0.2, -0.15) is 0 Å². The lowest BCUT2D eigenvalue weighted by Gasteiger charge is -2.31. The molecular formula is C27H28FN7O2. The van der Waals surface area contributed by atoms with Crippen molar-refractivity contribution in [2.24, 2.45) is 0 Å². The molecule has 9 nitrogen and oxygen atoms in total. The number of hydrogen-bond acceptors (Lipinski definition) is 8. The molecule has 1 aromatic carbocycles. The topological polar surface area (TPSA) is 86.5 Å². The average Bonchev–Trinajstić information content (AvgIpc) is 3.53. The molecule has 4 aromatic heterocycles. The lowest BCUT2D eigenvalue weighted by Crippen LogP contribution is -2.43.